The first-order valence-corrected chi connectivity index (χ1v) is 12.2. The average molecular weight is 601 g/mol. The van der Waals surface area contributed by atoms with Crippen LogP contribution in [0, 0.1) is 0 Å². The highest BCUT2D eigenvalue weighted by atomic mass is 79.9. The molecule has 0 bridgehead atoms. The third-order valence-corrected chi connectivity index (χ3v) is 6.08. The molecular weight excluding hydrogens is 573 g/mol. The van der Waals surface area contributed by atoms with Crippen molar-refractivity contribution in [2.45, 2.75) is 6.18 Å². The minimum absolute atomic E-state index is 0.0556. The summed E-state index contributed by atoms with van der Waals surface area (Å²) in [5, 5.41) is 7.17. The Balaban J connectivity index is 1.72. The first-order chi connectivity index (χ1) is 17.9. The van der Waals surface area contributed by atoms with Crippen LogP contribution in [0.3, 0.4) is 0 Å². The number of rotatable bonds is 11. The summed E-state index contributed by atoms with van der Waals surface area (Å²) in [7, 11) is 4.29. The number of hydrogen-bond donors (Lipinski definition) is 2. The number of aromatic nitrogens is 3. The number of halogens is 4. The number of anilines is 2. The van der Waals surface area contributed by atoms with Gasteiger partial charge in [0.05, 0.1) is 47.9 Å². The monoisotopic (exact) mass is 600 g/mol. The molecule has 3 aromatic rings. The van der Waals surface area contributed by atoms with Gasteiger partial charge in [-0.15, -0.1) is 0 Å². The summed E-state index contributed by atoms with van der Waals surface area (Å²) in [5.41, 5.74) is 7.18. The Labute approximate surface area is 225 Å². The van der Waals surface area contributed by atoms with Crippen molar-refractivity contribution in [1.29, 1.82) is 0 Å². The number of nitrogens with two attached hydrogens (primary N) is 1. The summed E-state index contributed by atoms with van der Waals surface area (Å²) in [6, 6.07) is 6.57. The molecule has 0 amide bonds. The van der Waals surface area contributed by atoms with E-state index in [1.54, 1.807) is 25.2 Å². The van der Waals surface area contributed by atoms with Crippen molar-refractivity contribution in [3.05, 3.63) is 57.0 Å². The Morgan fingerprint density at radius 1 is 1.21 bits per heavy atom. The number of methoxy groups -OCH3 is 1. The molecule has 0 aliphatic rings. The molecule has 0 aliphatic carbocycles. The fourth-order valence-electron chi connectivity index (χ4n) is 3.74. The van der Waals surface area contributed by atoms with E-state index >= 15 is 0 Å². The van der Waals surface area contributed by atoms with E-state index in [2.05, 4.69) is 26.3 Å². The number of hydrogen-bond acceptors (Lipinski definition) is 8. The Morgan fingerprint density at radius 2 is 1.95 bits per heavy atom. The summed E-state index contributed by atoms with van der Waals surface area (Å²) >= 11 is 3.34. The van der Waals surface area contributed by atoms with E-state index in [9.17, 15) is 22.8 Å². The van der Waals surface area contributed by atoms with Gasteiger partial charge in [-0.2, -0.15) is 18.3 Å². The zero-order valence-corrected chi connectivity index (χ0v) is 22.6. The lowest BCUT2D eigenvalue weighted by molar-refractivity contribution is -0.146. The van der Waals surface area contributed by atoms with Crippen LogP contribution in [0.1, 0.15) is 10.4 Å². The summed E-state index contributed by atoms with van der Waals surface area (Å²) in [6.07, 6.45) is -1.67. The van der Waals surface area contributed by atoms with Gasteiger partial charge in [-0.3, -0.25) is 9.69 Å². The van der Waals surface area contributed by atoms with Crippen LogP contribution in [0.15, 0.2) is 45.9 Å². The first kappa shape index (κ1) is 29.0. The van der Waals surface area contributed by atoms with E-state index in [4.69, 9.17) is 15.2 Å². The number of aryl methyl sites for hydroxylation is 2. The number of pyridine rings is 1. The molecular formula is C24H28BrF3N6O4. The fourth-order valence-corrected chi connectivity index (χ4v) is 4.10. The SMILES string of the molecule is COC(=O)c1cc(-c2cnn(C)c2OCCN(CCNc2cc(Br)ccc2N)CC(F)(F)F)c(=O)n(C)c1. The lowest BCUT2D eigenvalue weighted by Gasteiger charge is -2.24. The molecule has 0 radical (unpaired) electrons. The maximum atomic E-state index is 13.2. The van der Waals surface area contributed by atoms with Crippen molar-refractivity contribution in [2.75, 3.05) is 50.9 Å². The van der Waals surface area contributed by atoms with Gasteiger partial charge < -0.3 is 25.1 Å². The van der Waals surface area contributed by atoms with Gasteiger partial charge in [0.25, 0.3) is 5.56 Å². The van der Waals surface area contributed by atoms with Crippen molar-refractivity contribution in [3.8, 4) is 17.0 Å². The quantitative estimate of drug-likeness (QED) is 0.254. The highest BCUT2D eigenvalue weighted by Gasteiger charge is 2.30. The Bertz CT molecular complexity index is 1340. The van der Waals surface area contributed by atoms with Gasteiger partial charge in [0.1, 0.15) is 6.61 Å². The standard InChI is InChI=1S/C24H28BrF3N6O4/c1-32-13-15(23(36)37-3)10-17(21(32)35)18-12-31-33(2)22(18)38-9-8-34(14-24(26,27)28)7-6-30-20-11-16(25)4-5-19(20)29/h4-5,10-13,30H,6-9,14,29H2,1-3H3. The number of carbonyl (C=O) groups is 1. The van der Waals surface area contributed by atoms with Crippen LogP contribution < -0.4 is 21.3 Å². The summed E-state index contributed by atoms with van der Waals surface area (Å²) < 4.78 is 53.6. The molecule has 0 atom stereocenters. The number of benzene rings is 1. The van der Waals surface area contributed by atoms with Crippen LogP contribution in [0.2, 0.25) is 0 Å². The highest BCUT2D eigenvalue weighted by molar-refractivity contribution is 9.10. The van der Waals surface area contributed by atoms with Crippen LogP contribution in [-0.2, 0) is 18.8 Å². The Kier molecular flexibility index (Phi) is 9.44. The van der Waals surface area contributed by atoms with E-state index in [1.165, 1.54) is 46.8 Å². The minimum atomic E-state index is -4.41. The second-order valence-electron chi connectivity index (χ2n) is 8.44. The number of esters is 1. The molecule has 0 fully saturated rings. The van der Waals surface area contributed by atoms with Gasteiger partial charge in [0.2, 0.25) is 5.88 Å². The number of nitrogens with zero attached hydrogens (tertiary/aromatic N) is 4. The van der Waals surface area contributed by atoms with Crippen molar-refractivity contribution in [1.82, 2.24) is 19.2 Å². The molecule has 0 saturated heterocycles. The van der Waals surface area contributed by atoms with Crippen molar-refractivity contribution < 1.29 is 27.4 Å². The zero-order chi connectivity index (χ0) is 28.0. The molecule has 2 heterocycles. The maximum Gasteiger partial charge on any atom is 0.401 e. The second kappa shape index (κ2) is 12.3. The predicted octanol–water partition coefficient (Wildman–Crippen LogP) is 3.27. The van der Waals surface area contributed by atoms with E-state index in [0.717, 1.165) is 4.47 Å². The zero-order valence-electron chi connectivity index (χ0n) is 21.0. The third kappa shape index (κ3) is 7.51. The van der Waals surface area contributed by atoms with E-state index in [0.29, 0.717) is 16.9 Å². The van der Waals surface area contributed by atoms with Gasteiger partial charge in [0.15, 0.2) is 0 Å². The smallest absolute Gasteiger partial charge is 0.401 e. The second-order valence-corrected chi connectivity index (χ2v) is 9.35. The number of ether oxygens (including phenoxy) is 2. The number of nitrogen functional groups attached to an aromatic ring is 1. The topological polar surface area (TPSA) is 117 Å². The lowest BCUT2D eigenvalue weighted by atomic mass is 10.1. The number of nitrogens with one attached hydrogen (secondary N) is 1. The number of alkyl halides is 3. The largest absolute Gasteiger partial charge is 0.476 e. The molecule has 2 aromatic heterocycles. The highest BCUT2D eigenvalue weighted by Crippen LogP contribution is 2.28. The summed E-state index contributed by atoms with van der Waals surface area (Å²) in [5.74, 6) is -0.453. The summed E-state index contributed by atoms with van der Waals surface area (Å²) in [6.45, 7) is -1.02. The van der Waals surface area contributed by atoms with Gasteiger partial charge in [0, 0.05) is 44.4 Å². The number of carbonyl (C=O) groups excluding carboxylic acids is 1. The van der Waals surface area contributed by atoms with Gasteiger partial charge in [-0.1, -0.05) is 15.9 Å². The van der Waals surface area contributed by atoms with Gasteiger partial charge in [-0.05, 0) is 24.3 Å². The molecule has 1 aromatic carbocycles. The van der Waals surface area contributed by atoms with Crippen LogP contribution in [-0.4, -0.2) is 71.3 Å². The molecule has 3 rings (SSSR count). The fraction of sp³-hybridized carbons (Fsp3) is 0.375. The molecule has 38 heavy (non-hydrogen) atoms. The van der Waals surface area contributed by atoms with Gasteiger partial charge >= 0.3 is 12.1 Å². The predicted molar refractivity (Wildman–Crippen MR) is 140 cm³/mol. The molecule has 3 N–H and O–H groups in total. The summed E-state index contributed by atoms with van der Waals surface area (Å²) in [4.78, 5) is 26.0. The average Bonchev–Trinajstić information content (AvgIpc) is 3.21. The van der Waals surface area contributed by atoms with E-state index in [-0.39, 0.29) is 43.2 Å². The van der Waals surface area contributed by atoms with Crippen LogP contribution in [0.4, 0.5) is 24.5 Å². The molecule has 206 valence electrons. The van der Waals surface area contributed by atoms with Crippen LogP contribution >= 0.6 is 15.9 Å². The minimum Gasteiger partial charge on any atom is -0.476 e. The van der Waals surface area contributed by atoms with Crippen molar-refractivity contribution in [2.24, 2.45) is 14.1 Å². The molecule has 14 heteroatoms. The Hall–Kier alpha value is -3.52. The Morgan fingerprint density at radius 3 is 2.63 bits per heavy atom. The van der Waals surface area contributed by atoms with Crippen molar-refractivity contribution in [3.63, 3.8) is 0 Å². The van der Waals surface area contributed by atoms with Crippen molar-refractivity contribution >= 4 is 33.3 Å². The molecule has 0 unspecified atom stereocenters. The molecule has 0 aliphatic heterocycles. The lowest BCUT2D eigenvalue weighted by Crippen LogP contribution is -2.39. The first-order valence-electron chi connectivity index (χ1n) is 11.4. The normalized spacial score (nSPS) is 11.6. The third-order valence-electron chi connectivity index (χ3n) is 5.59. The maximum absolute atomic E-state index is 13.2. The van der Waals surface area contributed by atoms with Crippen LogP contribution in [0.5, 0.6) is 5.88 Å². The molecule has 0 saturated carbocycles. The van der Waals surface area contributed by atoms with Crippen LogP contribution in [0.25, 0.3) is 11.1 Å². The van der Waals surface area contributed by atoms with E-state index < -0.39 is 24.2 Å². The van der Waals surface area contributed by atoms with Gasteiger partial charge in [-0.25, -0.2) is 9.48 Å². The molecule has 0 spiro atoms. The molecule has 10 nitrogen and oxygen atoms in total. The van der Waals surface area contributed by atoms with E-state index in [1.807, 2.05) is 0 Å².